The summed E-state index contributed by atoms with van der Waals surface area (Å²) in [6.07, 6.45) is 0.515. The van der Waals surface area contributed by atoms with E-state index in [1.54, 1.807) is 11.6 Å². The van der Waals surface area contributed by atoms with Crippen molar-refractivity contribution in [3.8, 4) is 0 Å². The van der Waals surface area contributed by atoms with E-state index in [1.165, 1.54) is 0 Å². The van der Waals surface area contributed by atoms with Gasteiger partial charge in [-0.25, -0.2) is 31.7 Å². The molecule has 0 bridgehead atoms. The Kier molecular flexibility index (Phi) is 3.71. The van der Waals surface area contributed by atoms with Gasteiger partial charge in [-0.1, -0.05) is 6.07 Å². The van der Waals surface area contributed by atoms with Crippen molar-refractivity contribution in [3.63, 3.8) is 0 Å². The Morgan fingerprint density at radius 2 is 1.95 bits per heavy atom. The summed E-state index contributed by atoms with van der Waals surface area (Å²) in [7, 11) is -4.64. The first-order valence-electron chi connectivity index (χ1n) is 5.63. The lowest BCUT2D eigenvalue weighted by atomic mass is 10.3. The number of amides is 2. The Labute approximate surface area is 114 Å². The summed E-state index contributed by atoms with van der Waals surface area (Å²) in [5.41, 5.74) is 0.662. The highest BCUT2D eigenvalue weighted by molar-refractivity contribution is 7.90. The Hall–Kier alpha value is -2.03. The Balaban J connectivity index is 2.26. The van der Waals surface area contributed by atoms with E-state index in [9.17, 15) is 22.0 Å². The normalized spacial score (nSPS) is 15.2. The number of rotatable bonds is 2. The van der Waals surface area contributed by atoms with Crippen LogP contribution in [-0.4, -0.2) is 31.7 Å². The van der Waals surface area contributed by atoms with E-state index >= 15 is 0 Å². The van der Waals surface area contributed by atoms with Crippen molar-refractivity contribution in [1.82, 2.24) is 9.73 Å². The highest BCUT2D eigenvalue weighted by atomic mass is 32.2. The van der Waals surface area contributed by atoms with Crippen LogP contribution in [0.4, 0.5) is 13.6 Å². The second-order valence-electron chi connectivity index (χ2n) is 4.17. The predicted molar refractivity (Wildman–Crippen MR) is 66.5 cm³/mol. The lowest BCUT2D eigenvalue weighted by Crippen LogP contribution is -2.39. The van der Waals surface area contributed by atoms with Gasteiger partial charge in [0.05, 0.1) is 6.54 Å². The zero-order chi connectivity index (χ0) is 14.9. The fraction of sp³-hybridized carbons (Fsp3) is 0.273. The highest BCUT2D eigenvalue weighted by Gasteiger charge is 2.29. The topological polar surface area (TPSA) is 78.8 Å². The minimum Gasteiger partial charge on any atom is -0.246 e. The molecule has 2 amide bonds. The first kappa shape index (κ1) is 14.4. The molecule has 0 radical (unpaired) electrons. The summed E-state index contributed by atoms with van der Waals surface area (Å²) >= 11 is 0. The van der Waals surface area contributed by atoms with E-state index < -0.39 is 32.6 Å². The third-order valence-corrected chi connectivity index (χ3v) is 3.99. The Bertz CT molecular complexity index is 668. The second-order valence-corrected chi connectivity index (χ2v) is 5.79. The van der Waals surface area contributed by atoms with Gasteiger partial charge in [-0.15, -0.1) is 0 Å². The molecule has 0 fully saturated rings. The lowest BCUT2D eigenvalue weighted by Gasteiger charge is -2.13. The van der Waals surface area contributed by atoms with Crippen LogP contribution in [-0.2, 0) is 10.0 Å². The van der Waals surface area contributed by atoms with Gasteiger partial charge in [0.15, 0.2) is 4.90 Å². The number of nitrogens with zero attached hydrogens (tertiary/aromatic N) is 2. The second kappa shape index (κ2) is 5.16. The van der Waals surface area contributed by atoms with E-state index in [1.807, 2.05) is 0 Å². The number of urea groups is 1. The first-order valence-corrected chi connectivity index (χ1v) is 7.12. The number of hydrogen-bond acceptors (Lipinski definition) is 4. The summed E-state index contributed by atoms with van der Waals surface area (Å²) in [4.78, 5) is 10.5. The molecule has 1 N–H and O–H groups in total. The van der Waals surface area contributed by atoms with Crippen LogP contribution in [0.3, 0.4) is 0 Å². The predicted octanol–water partition coefficient (Wildman–Crippen LogP) is 1.44. The van der Waals surface area contributed by atoms with E-state index in [-0.39, 0.29) is 6.54 Å². The van der Waals surface area contributed by atoms with Gasteiger partial charge in [0.1, 0.15) is 11.6 Å². The van der Waals surface area contributed by atoms with Crippen LogP contribution in [0.1, 0.15) is 13.3 Å². The van der Waals surface area contributed by atoms with Crippen LogP contribution in [0, 0.1) is 11.6 Å². The maximum absolute atomic E-state index is 13.4. The van der Waals surface area contributed by atoms with Crippen molar-refractivity contribution in [2.75, 3.05) is 6.54 Å². The van der Waals surface area contributed by atoms with Gasteiger partial charge in [-0.3, -0.25) is 0 Å². The van der Waals surface area contributed by atoms with Gasteiger partial charge in [-0.05, 0) is 19.1 Å². The molecule has 1 aliphatic heterocycles. The molecule has 0 spiro atoms. The quantitative estimate of drug-likeness (QED) is 0.898. The molecule has 108 valence electrons. The smallest absolute Gasteiger partial charge is 0.246 e. The Morgan fingerprint density at radius 3 is 2.45 bits per heavy atom. The molecular weight excluding hydrogens is 292 g/mol. The van der Waals surface area contributed by atoms with Crippen LogP contribution in [0.5, 0.6) is 0 Å². The van der Waals surface area contributed by atoms with Crippen LogP contribution in [0.25, 0.3) is 0 Å². The number of nitrogens with one attached hydrogen (secondary N) is 1. The van der Waals surface area contributed by atoms with Crippen LogP contribution >= 0.6 is 0 Å². The summed E-state index contributed by atoms with van der Waals surface area (Å²) in [6.45, 7) is 1.89. The van der Waals surface area contributed by atoms with Crippen molar-refractivity contribution in [3.05, 3.63) is 29.8 Å². The molecule has 0 atom stereocenters. The van der Waals surface area contributed by atoms with E-state index in [4.69, 9.17) is 0 Å². The van der Waals surface area contributed by atoms with E-state index in [0.29, 0.717) is 12.1 Å². The van der Waals surface area contributed by atoms with Gasteiger partial charge in [0.2, 0.25) is 0 Å². The molecule has 1 aliphatic rings. The van der Waals surface area contributed by atoms with Crippen molar-refractivity contribution in [2.45, 2.75) is 18.2 Å². The fourth-order valence-electron chi connectivity index (χ4n) is 1.68. The zero-order valence-corrected chi connectivity index (χ0v) is 11.2. The minimum absolute atomic E-state index is 0.215. The molecule has 2 rings (SSSR count). The molecule has 1 aromatic carbocycles. The standard InChI is InChI=1S/C11H11F2N3O3S/c1-7-5-6-16(14-7)11(17)15-20(18,19)10-8(12)3-2-4-9(10)13/h2-4H,5-6H2,1H3,(H,15,17). The van der Waals surface area contributed by atoms with Crippen molar-refractivity contribution in [2.24, 2.45) is 5.10 Å². The molecule has 20 heavy (non-hydrogen) atoms. The van der Waals surface area contributed by atoms with E-state index in [0.717, 1.165) is 23.2 Å². The van der Waals surface area contributed by atoms with Crippen LogP contribution in [0.15, 0.2) is 28.2 Å². The van der Waals surface area contributed by atoms with Crippen LogP contribution in [0.2, 0.25) is 0 Å². The molecule has 0 saturated heterocycles. The fourth-order valence-corrected chi connectivity index (χ4v) is 2.77. The van der Waals surface area contributed by atoms with E-state index in [2.05, 4.69) is 5.10 Å². The first-order chi connectivity index (χ1) is 9.31. The zero-order valence-electron chi connectivity index (χ0n) is 10.4. The summed E-state index contributed by atoms with van der Waals surface area (Å²) in [6, 6.07) is 1.56. The molecular formula is C11H11F2N3O3S. The molecule has 6 nitrogen and oxygen atoms in total. The Morgan fingerprint density at radius 1 is 1.35 bits per heavy atom. The number of hydrazone groups is 1. The van der Waals surface area contributed by atoms with Gasteiger partial charge < -0.3 is 0 Å². The number of hydrogen-bond donors (Lipinski definition) is 1. The van der Waals surface area contributed by atoms with Gasteiger partial charge >= 0.3 is 6.03 Å². The summed E-state index contributed by atoms with van der Waals surface area (Å²) < 4.78 is 52.1. The summed E-state index contributed by atoms with van der Waals surface area (Å²) in [5.74, 6) is -2.54. The number of benzene rings is 1. The van der Waals surface area contributed by atoms with Crippen molar-refractivity contribution in [1.29, 1.82) is 0 Å². The highest BCUT2D eigenvalue weighted by Crippen LogP contribution is 2.18. The number of sulfonamides is 1. The van der Waals surface area contributed by atoms with Crippen molar-refractivity contribution < 1.29 is 22.0 Å². The number of carbonyl (C=O) groups excluding carboxylic acids is 1. The molecule has 1 heterocycles. The maximum Gasteiger partial charge on any atom is 0.351 e. The van der Waals surface area contributed by atoms with Gasteiger partial charge in [-0.2, -0.15) is 5.10 Å². The third kappa shape index (κ3) is 2.77. The van der Waals surface area contributed by atoms with Gasteiger partial charge in [0.25, 0.3) is 10.0 Å². The van der Waals surface area contributed by atoms with Crippen molar-refractivity contribution >= 4 is 21.8 Å². The lowest BCUT2D eigenvalue weighted by molar-refractivity contribution is 0.211. The largest absolute Gasteiger partial charge is 0.351 e. The number of halogens is 2. The summed E-state index contributed by atoms with van der Waals surface area (Å²) in [5, 5.41) is 4.69. The molecule has 0 aromatic heterocycles. The average molecular weight is 303 g/mol. The molecule has 0 aliphatic carbocycles. The van der Waals surface area contributed by atoms with Gasteiger partial charge in [0, 0.05) is 12.1 Å². The molecule has 0 saturated carbocycles. The maximum atomic E-state index is 13.4. The molecule has 0 unspecified atom stereocenters. The van der Waals surface area contributed by atoms with Crippen LogP contribution < -0.4 is 4.72 Å². The molecule has 1 aromatic rings. The third-order valence-electron chi connectivity index (χ3n) is 2.62. The minimum atomic E-state index is -4.64. The SMILES string of the molecule is CC1=NN(C(=O)NS(=O)(=O)c2c(F)cccc2F)CC1. The average Bonchev–Trinajstić information content (AvgIpc) is 2.74. The monoisotopic (exact) mass is 303 g/mol. The molecule has 9 heteroatoms. The number of carbonyl (C=O) groups is 1.